The van der Waals surface area contributed by atoms with Crippen LogP contribution in [0.4, 0.5) is 0 Å². The number of carboxylic acids is 1. The number of unbranched alkanes of at least 4 members (excludes halogenated alkanes) is 20. The first-order valence-corrected chi connectivity index (χ1v) is 15.5. The Balaban J connectivity index is 3.44. The third kappa shape index (κ3) is 27.4. The van der Waals surface area contributed by atoms with Crippen LogP contribution in [0.2, 0.25) is 0 Å². The molecule has 1 N–H and O–H groups in total. The van der Waals surface area contributed by atoms with Gasteiger partial charge in [0.1, 0.15) is 6.10 Å². The van der Waals surface area contributed by atoms with Crippen molar-refractivity contribution in [2.45, 2.75) is 187 Å². The van der Waals surface area contributed by atoms with Gasteiger partial charge in [0, 0.05) is 12.8 Å². The zero-order valence-electron chi connectivity index (χ0n) is 23.6. The summed E-state index contributed by atoms with van der Waals surface area (Å²) in [4.78, 5) is 22.7. The fraction of sp³-hybridized carbons (Fsp3) is 0.935. The zero-order valence-corrected chi connectivity index (χ0v) is 23.6. The molecule has 0 aromatic rings. The van der Waals surface area contributed by atoms with E-state index in [0.29, 0.717) is 12.8 Å². The van der Waals surface area contributed by atoms with Crippen LogP contribution in [0.25, 0.3) is 0 Å². The summed E-state index contributed by atoms with van der Waals surface area (Å²) in [7, 11) is 0. The first-order chi connectivity index (χ1) is 17.1. The van der Waals surface area contributed by atoms with Gasteiger partial charge in [-0.25, -0.2) is 0 Å². The highest BCUT2D eigenvalue weighted by Crippen LogP contribution is 2.16. The molecule has 0 fully saturated rings. The van der Waals surface area contributed by atoms with Crippen LogP contribution in [0.1, 0.15) is 181 Å². The number of ether oxygens (including phenoxy) is 1. The second-order valence-electron chi connectivity index (χ2n) is 10.6. The Morgan fingerprint density at radius 1 is 0.543 bits per heavy atom. The Hall–Kier alpha value is -1.06. The van der Waals surface area contributed by atoms with Crippen LogP contribution in [-0.4, -0.2) is 23.1 Å². The lowest BCUT2D eigenvalue weighted by atomic mass is 10.0. The van der Waals surface area contributed by atoms with Crippen molar-refractivity contribution >= 4 is 11.9 Å². The number of carbonyl (C=O) groups is 2. The van der Waals surface area contributed by atoms with Gasteiger partial charge in [-0.3, -0.25) is 9.59 Å². The van der Waals surface area contributed by atoms with Crippen LogP contribution in [0, 0.1) is 0 Å². The molecule has 4 nitrogen and oxygen atoms in total. The maximum absolute atomic E-state index is 12.2. The van der Waals surface area contributed by atoms with Gasteiger partial charge in [-0.15, -0.1) is 0 Å². The summed E-state index contributed by atoms with van der Waals surface area (Å²) in [6, 6.07) is 0. The minimum atomic E-state index is -0.676. The molecule has 1 atom stereocenters. The number of aliphatic carboxylic acids is 1. The van der Waals surface area contributed by atoms with E-state index in [2.05, 4.69) is 13.8 Å². The molecule has 4 heteroatoms. The summed E-state index contributed by atoms with van der Waals surface area (Å²) in [5.74, 6) is -0.669. The molecule has 0 aromatic carbocycles. The number of esters is 1. The molecule has 0 heterocycles. The highest BCUT2D eigenvalue weighted by Gasteiger charge is 2.12. The largest absolute Gasteiger partial charge is 0.481 e. The lowest BCUT2D eigenvalue weighted by Crippen LogP contribution is -2.17. The van der Waals surface area contributed by atoms with Crippen molar-refractivity contribution in [3.8, 4) is 0 Å². The van der Waals surface area contributed by atoms with Gasteiger partial charge in [0.25, 0.3) is 0 Å². The Labute approximate surface area is 218 Å². The highest BCUT2D eigenvalue weighted by molar-refractivity contribution is 5.69. The van der Waals surface area contributed by atoms with Crippen LogP contribution in [0.3, 0.4) is 0 Å². The van der Waals surface area contributed by atoms with Crippen molar-refractivity contribution in [2.75, 3.05) is 0 Å². The molecule has 0 rings (SSSR count). The van der Waals surface area contributed by atoms with Crippen LogP contribution in [0.15, 0.2) is 0 Å². The molecule has 0 saturated heterocycles. The predicted molar refractivity (Wildman–Crippen MR) is 149 cm³/mol. The number of hydrogen-bond donors (Lipinski definition) is 1. The van der Waals surface area contributed by atoms with Crippen LogP contribution >= 0.6 is 0 Å². The standard InChI is InChI=1S/C31H60O4/c1-3-5-6-7-8-9-10-11-16-19-22-25-28-31(34)35-29(4-2)26-23-20-17-14-12-13-15-18-21-24-27-30(32)33/h29H,3-28H2,1-2H3,(H,32,33). The molecule has 0 bridgehead atoms. The Bertz CT molecular complexity index is 463. The minimum absolute atomic E-state index is 0.00674. The maximum Gasteiger partial charge on any atom is 0.306 e. The van der Waals surface area contributed by atoms with E-state index in [0.717, 1.165) is 51.4 Å². The number of rotatable bonds is 28. The summed E-state index contributed by atoms with van der Waals surface area (Å²) in [6.07, 6.45) is 30.4. The van der Waals surface area contributed by atoms with Gasteiger partial charge >= 0.3 is 11.9 Å². The van der Waals surface area contributed by atoms with E-state index in [-0.39, 0.29) is 12.1 Å². The summed E-state index contributed by atoms with van der Waals surface area (Å²) >= 11 is 0. The number of hydrogen-bond acceptors (Lipinski definition) is 3. The van der Waals surface area contributed by atoms with Gasteiger partial charge in [0.2, 0.25) is 0 Å². The molecule has 0 spiro atoms. The molecular weight excluding hydrogens is 436 g/mol. The first-order valence-electron chi connectivity index (χ1n) is 15.5. The van der Waals surface area contributed by atoms with Crippen molar-refractivity contribution in [3.05, 3.63) is 0 Å². The lowest BCUT2D eigenvalue weighted by Gasteiger charge is -2.16. The first kappa shape index (κ1) is 33.9. The molecule has 0 amide bonds. The monoisotopic (exact) mass is 496 g/mol. The van der Waals surface area contributed by atoms with Gasteiger partial charge in [-0.1, -0.05) is 136 Å². The van der Waals surface area contributed by atoms with Crippen molar-refractivity contribution in [3.63, 3.8) is 0 Å². The van der Waals surface area contributed by atoms with E-state index < -0.39 is 5.97 Å². The minimum Gasteiger partial charge on any atom is -0.481 e. The second-order valence-corrected chi connectivity index (χ2v) is 10.6. The number of carbonyl (C=O) groups excluding carboxylic acids is 1. The van der Waals surface area contributed by atoms with Crippen molar-refractivity contribution in [1.29, 1.82) is 0 Å². The van der Waals surface area contributed by atoms with Gasteiger partial charge in [-0.05, 0) is 32.1 Å². The predicted octanol–water partition coefficient (Wildman–Crippen LogP) is 10.2. The highest BCUT2D eigenvalue weighted by atomic mass is 16.5. The Morgan fingerprint density at radius 2 is 0.914 bits per heavy atom. The van der Waals surface area contributed by atoms with E-state index in [4.69, 9.17) is 9.84 Å². The molecular formula is C31H60O4. The van der Waals surface area contributed by atoms with Crippen molar-refractivity contribution in [1.82, 2.24) is 0 Å². The Morgan fingerprint density at radius 3 is 1.31 bits per heavy atom. The van der Waals surface area contributed by atoms with Crippen molar-refractivity contribution < 1.29 is 19.4 Å². The van der Waals surface area contributed by atoms with Gasteiger partial charge in [0.15, 0.2) is 0 Å². The van der Waals surface area contributed by atoms with E-state index in [1.165, 1.54) is 103 Å². The summed E-state index contributed by atoms with van der Waals surface area (Å²) < 4.78 is 5.73. The molecule has 0 radical (unpaired) electrons. The Kier molecular flexibility index (Phi) is 26.7. The SMILES string of the molecule is CCCCCCCCCCCCCCC(=O)OC(CC)CCCCCCCCCCCCC(=O)O. The molecule has 0 saturated carbocycles. The lowest BCUT2D eigenvalue weighted by molar-refractivity contribution is -0.149. The van der Waals surface area contributed by atoms with Crippen LogP contribution < -0.4 is 0 Å². The van der Waals surface area contributed by atoms with E-state index in [9.17, 15) is 9.59 Å². The van der Waals surface area contributed by atoms with Crippen LogP contribution in [0.5, 0.6) is 0 Å². The summed E-state index contributed by atoms with van der Waals surface area (Å²) in [5, 5.41) is 8.63. The summed E-state index contributed by atoms with van der Waals surface area (Å²) in [5.41, 5.74) is 0. The fourth-order valence-electron chi connectivity index (χ4n) is 4.76. The van der Waals surface area contributed by atoms with Crippen LogP contribution in [-0.2, 0) is 14.3 Å². The van der Waals surface area contributed by atoms with E-state index in [1.54, 1.807) is 0 Å². The van der Waals surface area contributed by atoms with Crippen molar-refractivity contribution in [2.24, 2.45) is 0 Å². The molecule has 35 heavy (non-hydrogen) atoms. The maximum atomic E-state index is 12.2. The summed E-state index contributed by atoms with van der Waals surface area (Å²) in [6.45, 7) is 4.39. The third-order valence-corrected chi connectivity index (χ3v) is 7.15. The second kappa shape index (κ2) is 27.5. The van der Waals surface area contributed by atoms with Gasteiger partial charge in [-0.2, -0.15) is 0 Å². The van der Waals surface area contributed by atoms with E-state index >= 15 is 0 Å². The van der Waals surface area contributed by atoms with Gasteiger partial charge in [0.05, 0.1) is 0 Å². The average molecular weight is 497 g/mol. The van der Waals surface area contributed by atoms with Gasteiger partial charge < -0.3 is 9.84 Å². The zero-order chi connectivity index (χ0) is 25.8. The molecule has 0 aliphatic rings. The quantitative estimate of drug-likeness (QED) is 0.0864. The topological polar surface area (TPSA) is 63.6 Å². The fourth-order valence-corrected chi connectivity index (χ4v) is 4.76. The van der Waals surface area contributed by atoms with E-state index in [1.807, 2.05) is 0 Å². The average Bonchev–Trinajstić information content (AvgIpc) is 2.84. The molecule has 0 aliphatic heterocycles. The third-order valence-electron chi connectivity index (χ3n) is 7.15. The molecule has 208 valence electrons. The molecule has 0 aliphatic carbocycles. The molecule has 1 unspecified atom stereocenters. The normalized spacial score (nSPS) is 12.1. The molecule has 0 aromatic heterocycles. The smallest absolute Gasteiger partial charge is 0.306 e. The number of carboxylic acid groups (broad SMARTS) is 1.